The van der Waals surface area contributed by atoms with Gasteiger partial charge in [-0.2, -0.15) is 0 Å². The van der Waals surface area contributed by atoms with Crippen LogP contribution in [0.3, 0.4) is 0 Å². The molecule has 0 radical (unpaired) electrons. The molecule has 0 bridgehead atoms. The summed E-state index contributed by atoms with van der Waals surface area (Å²) in [6, 6.07) is 8.42. The Hall–Kier alpha value is -0.970. The molecule has 0 fully saturated rings. The number of thioether (sulfide) groups is 1. The Balaban J connectivity index is 1.74. The molecular weight excluding hydrogens is 280 g/mol. The smallest absolute Gasteiger partial charge is 0.150 e. The fourth-order valence-corrected chi connectivity index (χ4v) is 3.59. The van der Waals surface area contributed by atoms with Gasteiger partial charge in [0.25, 0.3) is 0 Å². The van der Waals surface area contributed by atoms with Crippen molar-refractivity contribution in [3.05, 3.63) is 46.3 Å². The van der Waals surface area contributed by atoms with Crippen molar-refractivity contribution >= 4 is 23.4 Å². The molecule has 1 N–H and O–H groups in total. The standard InChI is InChI=1S/C14H15ClN2OS/c1-9-6-11(18-17-9)8-16-13-4-5-19-14-3-2-10(15)7-12(13)14/h2-3,6-7,13,16H,4-5,8H2,1H3. The molecule has 1 atom stereocenters. The van der Waals surface area contributed by atoms with Gasteiger partial charge in [0, 0.05) is 22.0 Å². The highest BCUT2D eigenvalue weighted by Gasteiger charge is 2.20. The van der Waals surface area contributed by atoms with Crippen molar-refractivity contribution in [2.75, 3.05) is 5.75 Å². The zero-order valence-electron chi connectivity index (χ0n) is 10.6. The topological polar surface area (TPSA) is 38.1 Å². The van der Waals surface area contributed by atoms with Crippen LogP contribution in [0.1, 0.15) is 29.5 Å². The van der Waals surface area contributed by atoms with E-state index < -0.39 is 0 Å². The molecule has 3 nitrogen and oxygen atoms in total. The average Bonchev–Trinajstić information content (AvgIpc) is 2.82. The first kappa shape index (κ1) is 13.0. The van der Waals surface area contributed by atoms with E-state index in [2.05, 4.69) is 22.6 Å². The number of hydrogen-bond donors (Lipinski definition) is 1. The van der Waals surface area contributed by atoms with Gasteiger partial charge in [-0.3, -0.25) is 0 Å². The van der Waals surface area contributed by atoms with E-state index in [9.17, 15) is 0 Å². The number of aromatic nitrogens is 1. The predicted octanol–water partition coefficient (Wildman–Crippen LogP) is 3.96. The van der Waals surface area contributed by atoms with Crippen molar-refractivity contribution in [1.82, 2.24) is 10.5 Å². The second-order valence-electron chi connectivity index (χ2n) is 4.69. The van der Waals surface area contributed by atoms with E-state index in [-0.39, 0.29) is 0 Å². The second kappa shape index (κ2) is 5.57. The summed E-state index contributed by atoms with van der Waals surface area (Å²) in [4.78, 5) is 1.32. The molecule has 100 valence electrons. The lowest BCUT2D eigenvalue weighted by Gasteiger charge is -2.25. The summed E-state index contributed by atoms with van der Waals surface area (Å²) in [5.74, 6) is 2.00. The number of nitrogens with zero attached hydrogens (tertiary/aromatic N) is 1. The van der Waals surface area contributed by atoms with E-state index in [0.29, 0.717) is 12.6 Å². The first-order chi connectivity index (χ1) is 9.22. The van der Waals surface area contributed by atoms with Crippen molar-refractivity contribution < 1.29 is 4.52 Å². The number of fused-ring (bicyclic) bond motifs is 1. The fourth-order valence-electron chi connectivity index (χ4n) is 2.30. The number of rotatable bonds is 3. The van der Waals surface area contributed by atoms with Gasteiger partial charge in [0.2, 0.25) is 0 Å². The summed E-state index contributed by atoms with van der Waals surface area (Å²) in [6.45, 7) is 2.63. The molecule has 5 heteroatoms. The molecule has 1 unspecified atom stereocenters. The van der Waals surface area contributed by atoms with Crippen molar-refractivity contribution in [3.63, 3.8) is 0 Å². The summed E-state index contributed by atoms with van der Waals surface area (Å²) < 4.78 is 5.22. The van der Waals surface area contributed by atoms with Gasteiger partial charge in [-0.1, -0.05) is 16.8 Å². The van der Waals surface area contributed by atoms with Crippen molar-refractivity contribution in [3.8, 4) is 0 Å². The minimum atomic E-state index is 0.334. The van der Waals surface area contributed by atoms with Crippen LogP contribution in [-0.2, 0) is 6.54 Å². The van der Waals surface area contributed by atoms with Crippen molar-refractivity contribution in [2.45, 2.75) is 30.8 Å². The Morgan fingerprint density at radius 1 is 1.47 bits per heavy atom. The largest absolute Gasteiger partial charge is 0.360 e. The minimum absolute atomic E-state index is 0.334. The van der Waals surface area contributed by atoms with Crippen molar-refractivity contribution in [1.29, 1.82) is 0 Å². The van der Waals surface area contributed by atoms with Gasteiger partial charge in [0.05, 0.1) is 12.2 Å². The second-order valence-corrected chi connectivity index (χ2v) is 6.26. The van der Waals surface area contributed by atoms with E-state index >= 15 is 0 Å². The van der Waals surface area contributed by atoms with Gasteiger partial charge in [0.15, 0.2) is 5.76 Å². The Morgan fingerprint density at radius 3 is 3.16 bits per heavy atom. The van der Waals surface area contributed by atoms with E-state index in [1.54, 1.807) is 0 Å². The zero-order chi connectivity index (χ0) is 13.2. The van der Waals surface area contributed by atoms with Gasteiger partial charge in [-0.05, 0) is 42.9 Å². The molecule has 2 aromatic rings. The van der Waals surface area contributed by atoms with Crippen LogP contribution < -0.4 is 5.32 Å². The Kier molecular flexibility index (Phi) is 3.82. The lowest BCUT2D eigenvalue weighted by atomic mass is 10.0. The third-order valence-corrected chi connectivity index (χ3v) is 4.57. The quantitative estimate of drug-likeness (QED) is 0.930. The van der Waals surface area contributed by atoms with Crippen LogP contribution in [0, 0.1) is 6.92 Å². The normalized spacial score (nSPS) is 18.3. The van der Waals surface area contributed by atoms with Gasteiger partial charge in [0.1, 0.15) is 0 Å². The Bertz CT molecular complexity index is 585. The monoisotopic (exact) mass is 294 g/mol. The minimum Gasteiger partial charge on any atom is -0.360 e. The maximum atomic E-state index is 6.10. The SMILES string of the molecule is Cc1cc(CNC2CCSc3ccc(Cl)cc32)on1. The molecular formula is C14H15ClN2OS. The lowest BCUT2D eigenvalue weighted by molar-refractivity contribution is 0.358. The van der Waals surface area contributed by atoms with E-state index in [1.165, 1.54) is 10.5 Å². The molecule has 3 rings (SSSR count). The summed E-state index contributed by atoms with van der Waals surface area (Å²) in [5, 5.41) is 8.22. The van der Waals surface area contributed by atoms with Crippen LogP contribution in [0.15, 0.2) is 33.7 Å². The van der Waals surface area contributed by atoms with Crippen molar-refractivity contribution in [2.24, 2.45) is 0 Å². The van der Waals surface area contributed by atoms with Gasteiger partial charge >= 0.3 is 0 Å². The predicted molar refractivity (Wildman–Crippen MR) is 77.6 cm³/mol. The molecule has 0 saturated heterocycles. The summed E-state index contributed by atoms with van der Waals surface area (Å²) in [6.07, 6.45) is 1.10. The van der Waals surface area contributed by atoms with E-state index in [4.69, 9.17) is 16.1 Å². The number of halogens is 1. The summed E-state index contributed by atoms with van der Waals surface area (Å²) in [5.41, 5.74) is 2.21. The van der Waals surface area contributed by atoms with E-state index in [1.807, 2.05) is 30.8 Å². The summed E-state index contributed by atoms with van der Waals surface area (Å²) in [7, 11) is 0. The maximum Gasteiger partial charge on any atom is 0.150 e. The van der Waals surface area contributed by atoms with Gasteiger partial charge in [-0.25, -0.2) is 0 Å². The Labute approximate surface area is 121 Å². The first-order valence-electron chi connectivity index (χ1n) is 6.30. The fraction of sp³-hybridized carbons (Fsp3) is 0.357. The zero-order valence-corrected chi connectivity index (χ0v) is 12.2. The molecule has 1 aromatic carbocycles. The molecule has 0 aliphatic carbocycles. The lowest BCUT2D eigenvalue weighted by Crippen LogP contribution is -2.24. The van der Waals surface area contributed by atoms with Crippen LogP contribution >= 0.6 is 23.4 Å². The molecule has 0 spiro atoms. The molecule has 0 saturated carbocycles. The Morgan fingerprint density at radius 2 is 2.37 bits per heavy atom. The van der Waals surface area contributed by atoms with E-state index in [0.717, 1.165) is 28.7 Å². The molecule has 1 aliphatic heterocycles. The average molecular weight is 295 g/mol. The van der Waals surface area contributed by atoms with Crippen LogP contribution in [0.2, 0.25) is 5.02 Å². The summed E-state index contributed by atoms with van der Waals surface area (Å²) >= 11 is 7.99. The van der Waals surface area contributed by atoms with Crippen LogP contribution in [-0.4, -0.2) is 10.9 Å². The maximum absolute atomic E-state index is 6.10. The number of aryl methyl sites for hydroxylation is 1. The van der Waals surface area contributed by atoms with Crippen LogP contribution in [0.5, 0.6) is 0 Å². The highest BCUT2D eigenvalue weighted by atomic mass is 35.5. The number of nitrogens with one attached hydrogen (secondary N) is 1. The molecule has 1 aromatic heterocycles. The van der Waals surface area contributed by atoms with Gasteiger partial charge in [-0.15, -0.1) is 11.8 Å². The highest BCUT2D eigenvalue weighted by Crippen LogP contribution is 2.37. The number of benzene rings is 1. The molecule has 2 heterocycles. The first-order valence-corrected chi connectivity index (χ1v) is 7.66. The molecule has 1 aliphatic rings. The third-order valence-electron chi connectivity index (χ3n) is 3.21. The third kappa shape index (κ3) is 2.96. The number of hydrogen-bond acceptors (Lipinski definition) is 4. The van der Waals surface area contributed by atoms with Gasteiger partial charge < -0.3 is 9.84 Å². The highest BCUT2D eigenvalue weighted by molar-refractivity contribution is 7.99. The van der Waals surface area contributed by atoms with Crippen LogP contribution in [0.4, 0.5) is 0 Å². The molecule has 0 amide bonds. The molecule has 19 heavy (non-hydrogen) atoms. The van der Waals surface area contributed by atoms with Crippen LogP contribution in [0.25, 0.3) is 0 Å².